The fourth-order valence-corrected chi connectivity index (χ4v) is 4.92. The van der Waals surface area contributed by atoms with Gasteiger partial charge in [-0.25, -0.2) is 0 Å². The van der Waals surface area contributed by atoms with Crippen LogP contribution in [-0.4, -0.2) is 11.8 Å². The molecule has 2 rings (SSSR count). The second-order valence-electron chi connectivity index (χ2n) is 3.87. The summed E-state index contributed by atoms with van der Waals surface area (Å²) in [7, 11) is 0.172. The summed E-state index contributed by atoms with van der Waals surface area (Å²) in [6.07, 6.45) is 5.80. The molecule has 0 nitrogen and oxygen atoms in total. The predicted molar refractivity (Wildman–Crippen MR) is 61.2 cm³/mol. The van der Waals surface area contributed by atoms with Crippen LogP contribution in [0.15, 0.2) is 30.3 Å². The molecule has 2 atom stereocenters. The van der Waals surface area contributed by atoms with Crippen molar-refractivity contribution in [1.29, 1.82) is 0 Å². The fraction of sp³-hybridized carbons (Fsp3) is 0.500. The molecule has 0 N–H and O–H groups in total. The number of hydrogen-bond donors (Lipinski definition) is 0. The van der Waals surface area contributed by atoms with Crippen molar-refractivity contribution in [3.05, 3.63) is 30.3 Å². The zero-order chi connectivity index (χ0) is 9.10. The van der Waals surface area contributed by atoms with E-state index >= 15 is 0 Å². The SMILES string of the molecule is CC1CCCCP1c1ccccc1. The third kappa shape index (κ3) is 2.11. The van der Waals surface area contributed by atoms with Gasteiger partial charge in [-0.05, 0) is 30.0 Å². The van der Waals surface area contributed by atoms with E-state index in [0.717, 1.165) is 5.66 Å². The summed E-state index contributed by atoms with van der Waals surface area (Å²) >= 11 is 0. The van der Waals surface area contributed by atoms with Crippen molar-refractivity contribution < 1.29 is 0 Å². The summed E-state index contributed by atoms with van der Waals surface area (Å²) in [5, 5.41) is 1.62. The van der Waals surface area contributed by atoms with E-state index in [4.69, 9.17) is 0 Å². The van der Waals surface area contributed by atoms with E-state index in [9.17, 15) is 0 Å². The number of benzene rings is 1. The van der Waals surface area contributed by atoms with Crippen molar-refractivity contribution in [2.24, 2.45) is 0 Å². The van der Waals surface area contributed by atoms with Crippen LogP contribution in [-0.2, 0) is 0 Å². The molecule has 1 aromatic carbocycles. The maximum Gasteiger partial charge on any atom is -0.0197 e. The molecule has 1 saturated heterocycles. The van der Waals surface area contributed by atoms with E-state index in [1.807, 2.05) is 0 Å². The lowest BCUT2D eigenvalue weighted by Gasteiger charge is -2.29. The standard InChI is InChI=1S/C12H17P/c1-11-7-5-6-10-13(11)12-8-3-2-4-9-12/h2-4,8-9,11H,5-7,10H2,1H3. The van der Waals surface area contributed by atoms with Crippen molar-refractivity contribution in [3.8, 4) is 0 Å². The first-order valence-corrected chi connectivity index (χ1v) is 6.79. The molecule has 0 saturated carbocycles. The Morgan fingerprint density at radius 1 is 1.15 bits per heavy atom. The highest BCUT2D eigenvalue weighted by Gasteiger charge is 2.21. The van der Waals surface area contributed by atoms with Crippen LogP contribution in [0.2, 0.25) is 0 Å². The second-order valence-corrected chi connectivity index (χ2v) is 6.66. The zero-order valence-corrected chi connectivity index (χ0v) is 9.13. The van der Waals surface area contributed by atoms with Crippen LogP contribution in [0.4, 0.5) is 0 Å². The molecule has 0 amide bonds. The molecule has 2 unspecified atom stereocenters. The first kappa shape index (κ1) is 9.21. The molecule has 0 radical (unpaired) electrons. The van der Waals surface area contributed by atoms with Crippen LogP contribution < -0.4 is 5.30 Å². The Morgan fingerprint density at radius 3 is 2.62 bits per heavy atom. The Bertz CT molecular complexity index is 255. The van der Waals surface area contributed by atoms with Gasteiger partial charge in [-0.15, -0.1) is 0 Å². The molecule has 70 valence electrons. The van der Waals surface area contributed by atoms with Gasteiger partial charge in [0.25, 0.3) is 0 Å². The third-order valence-electron chi connectivity index (χ3n) is 2.89. The van der Waals surface area contributed by atoms with Gasteiger partial charge >= 0.3 is 0 Å². The summed E-state index contributed by atoms with van der Waals surface area (Å²) in [5.41, 5.74) is 0.950. The van der Waals surface area contributed by atoms with E-state index in [0.29, 0.717) is 0 Å². The molecule has 1 fully saturated rings. The monoisotopic (exact) mass is 192 g/mol. The van der Waals surface area contributed by atoms with Crippen LogP contribution in [0.1, 0.15) is 26.2 Å². The highest BCUT2D eigenvalue weighted by Crippen LogP contribution is 2.46. The van der Waals surface area contributed by atoms with Crippen LogP contribution in [0, 0.1) is 0 Å². The largest absolute Gasteiger partial charge is 0.0724 e. The minimum Gasteiger partial charge on any atom is -0.0724 e. The highest BCUT2D eigenvalue weighted by molar-refractivity contribution is 7.66. The quantitative estimate of drug-likeness (QED) is 0.598. The van der Waals surface area contributed by atoms with E-state index in [1.165, 1.54) is 25.4 Å². The summed E-state index contributed by atoms with van der Waals surface area (Å²) < 4.78 is 0. The summed E-state index contributed by atoms with van der Waals surface area (Å²) in [6.45, 7) is 2.43. The predicted octanol–water partition coefficient (Wildman–Crippen LogP) is 3.37. The smallest absolute Gasteiger partial charge is 0.0197 e. The first-order valence-electron chi connectivity index (χ1n) is 5.19. The molecule has 0 aliphatic carbocycles. The average molecular weight is 192 g/mol. The van der Waals surface area contributed by atoms with Crippen LogP contribution >= 0.6 is 7.92 Å². The van der Waals surface area contributed by atoms with Gasteiger partial charge in [0, 0.05) is 0 Å². The van der Waals surface area contributed by atoms with Crippen molar-refractivity contribution in [3.63, 3.8) is 0 Å². The Hall–Kier alpha value is -0.350. The molecule has 1 aliphatic rings. The number of rotatable bonds is 1. The van der Waals surface area contributed by atoms with Gasteiger partial charge in [0.2, 0.25) is 0 Å². The van der Waals surface area contributed by atoms with Gasteiger partial charge in [0.05, 0.1) is 0 Å². The average Bonchev–Trinajstić information content (AvgIpc) is 2.20. The van der Waals surface area contributed by atoms with E-state index in [1.54, 1.807) is 5.30 Å². The molecule has 1 aromatic rings. The lowest BCUT2D eigenvalue weighted by Crippen LogP contribution is -2.17. The van der Waals surface area contributed by atoms with Crippen LogP contribution in [0.25, 0.3) is 0 Å². The molecule has 0 spiro atoms. The van der Waals surface area contributed by atoms with Gasteiger partial charge in [-0.2, -0.15) is 0 Å². The summed E-state index contributed by atoms with van der Waals surface area (Å²) in [4.78, 5) is 0. The molecule has 1 heteroatoms. The second kappa shape index (κ2) is 4.24. The lowest BCUT2D eigenvalue weighted by molar-refractivity contribution is 0.682. The normalized spacial score (nSPS) is 28.7. The highest BCUT2D eigenvalue weighted by atomic mass is 31.1. The van der Waals surface area contributed by atoms with E-state index in [2.05, 4.69) is 37.3 Å². The third-order valence-corrected chi connectivity index (χ3v) is 5.97. The molecule has 0 bridgehead atoms. The maximum absolute atomic E-state index is 2.43. The molecular formula is C12H17P. The molecule has 1 aliphatic heterocycles. The van der Waals surface area contributed by atoms with E-state index < -0.39 is 0 Å². The van der Waals surface area contributed by atoms with Crippen LogP contribution in [0.5, 0.6) is 0 Å². The Kier molecular flexibility index (Phi) is 3.01. The Balaban J connectivity index is 2.15. The van der Waals surface area contributed by atoms with Crippen LogP contribution in [0.3, 0.4) is 0 Å². The van der Waals surface area contributed by atoms with Gasteiger partial charge in [-0.1, -0.05) is 51.6 Å². The fourth-order valence-electron chi connectivity index (χ4n) is 2.10. The molecule has 13 heavy (non-hydrogen) atoms. The minimum absolute atomic E-state index is 0.172. The van der Waals surface area contributed by atoms with Crippen molar-refractivity contribution in [2.45, 2.75) is 31.8 Å². The molecule has 0 aromatic heterocycles. The Labute approximate surface area is 82.1 Å². The van der Waals surface area contributed by atoms with Crippen molar-refractivity contribution in [2.75, 3.05) is 6.16 Å². The minimum atomic E-state index is 0.172. The topological polar surface area (TPSA) is 0 Å². The first-order chi connectivity index (χ1) is 6.38. The Morgan fingerprint density at radius 2 is 1.92 bits per heavy atom. The number of hydrogen-bond acceptors (Lipinski definition) is 0. The lowest BCUT2D eigenvalue weighted by atomic mass is 10.2. The van der Waals surface area contributed by atoms with Crippen molar-refractivity contribution in [1.82, 2.24) is 0 Å². The maximum atomic E-state index is 2.43. The van der Waals surface area contributed by atoms with E-state index in [-0.39, 0.29) is 7.92 Å². The molecule has 1 heterocycles. The van der Waals surface area contributed by atoms with Gasteiger partial charge < -0.3 is 0 Å². The molecular weight excluding hydrogens is 175 g/mol. The van der Waals surface area contributed by atoms with Gasteiger partial charge in [0.15, 0.2) is 0 Å². The van der Waals surface area contributed by atoms with Gasteiger partial charge in [0.1, 0.15) is 0 Å². The zero-order valence-electron chi connectivity index (χ0n) is 8.24. The summed E-state index contributed by atoms with van der Waals surface area (Å²) in [6, 6.07) is 11.1. The van der Waals surface area contributed by atoms with Crippen molar-refractivity contribution >= 4 is 13.2 Å². The van der Waals surface area contributed by atoms with Gasteiger partial charge in [-0.3, -0.25) is 0 Å². The summed E-state index contributed by atoms with van der Waals surface area (Å²) in [5.74, 6) is 0.